The van der Waals surface area contributed by atoms with Gasteiger partial charge in [0.2, 0.25) is 0 Å². The van der Waals surface area contributed by atoms with Crippen LogP contribution in [0.3, 0.4) is 0 Å². The average molecular weight is 404 g/mol. The number of fused-ring (bicyclic) bond motifs is 1. The molecule has 0 spiro atoms. The molecule has 0 fully saturated rings. The zero-order chi connectivity index (χ0) is 19.4. The first-order valence-electron chi connectivity index (χ1n) is 9.10. The molecule has 0 radical (unpaired) electrons. The number of methoxy groups -OCH3 is 1. The minimum absolute atomic E-state index is 0.00725. The zero-order valence-corrected chi connectivity index (χ0v) is 17.8. The number of benzene rings is 1. The SMILES string of the molecule is CCN(CC)CCN(C(=O)c1cccs1)c1nc2c(OC)ccc(C)c2s1. The highest BCUT2D eigenvalue weighted by Crippen LogP contribution is 2.37. The molecule has 0 aliphatic rings. The molecule has 144 valence electrons. The van der Waals surface area contributed by atoms with Crippen molar-refractivity contribution in [2.75, 3.05) is 38.2 Å². The molecular formula is C20H25N3O2S2. The number of aromatic nitrogens is 1. The number of thiophene rings is 1. The topological polar surface area (TPSA) is 45.7 Å². The summed E-state index contributed by atoms with van der Waals surface area (Å²) in [6.45, 7) is 9.69. The number of rotatable bonds is 8. The molecule has 3 rings (SSSR count). The highest BCUT2D eigenvalue weighted by molar-refractivity contribution is 7.22. The molecule has 2 aromatic heterocycles. The van der Waals surface area contributed by atoms with E-state index in [4.69, 9.17) is 9.72 Å². The minimum Gasteiger partial charge on any atom is -0.494 e. The Bertz CT molecular complexity index is 901. The number of nitrogens with zero attached hydrogens (tertiary/aromatic N) is 3. The van der Waals surface area contributed by atoms with Gasteiger partial charge >= 0.3 is 0 Å². The molecule has 0 atom stereocenters. The number of anilines is 1. The largest absolute Gasteiger partial charge is 0.494 e. The molecule has 0 N–H and O–H groups in total. The summed E-state index contributed by atoms with van der Waals surface area (Å²) in [6, 6.07) is 7.75. The molecule has 0 aliphatic carbocycles. The first-order chi connectivity index (χ1) is 13.1. The van der Waals surface area contributed by atoms with Crippen LogP contribution in [-0.2, 0) is 0 Å². The minimum atomic E-state index is 0.00725. The Kier molecular flexibility index (Phi) is 6.46. The van der Waals surface area contributed by atoms with Crippen LogP contribution in [-0.4, -0.2) is 49.1 Å². The summed E-state index contributed by atoms with van der Waals surface area (Å²) in [6.07, 6.45) is 0. The lowest BCUT2D eigenvalue weighted by Crippen LogP contribution is -2.38. The van der Waals surface area contributed by atoms with Gasteiger partial charge in [0, 0.05) is 13.1 Å². The number of likely N-dealkylation sites (N-methyl/N-ethyl adjacent to an activating group) is 1. The number of amides is 1. The van der Waals surface area contributed by atoms with E-state index >= 15 is 0 Å². The second-order valence-corrected chi connectivity index (χ2v) is 8.15. The van der Waals surface area contributed by atoms with Crippen LogP contribution in [0.2, 0.25) is 0 Å². The standard InChI is InChI=1S/C20H25N3O2S2/c1-5-22(6-2)11-12-23(19(24)16-8-7-13-26-16)20-21-17-15(25-4)10-9-14(3)18(17)27-20/h7-10,13H,5-6,11-12H2,1-4H3. The Balaban J connectivity index is 2.00. The third-order valence-corrected chi connectivity index (χ3v) is 6.73. The molecule has 3 aromatic rings. The molecule has 7 heteroatoms. The second-order valence-electron chi connectivity index (χ2n) is 6.22. The molecule has 0 aliphatic heterocycles. The van der Waals surface area contributed by atoms with Crippen molar-refractivity contribution in [1.29, 1.82) is 0 Å². The molecular weight excluding hydrogens is 378 g/mol. The molecule has 5 nitrogen and oxygen atoms in total. The van der Waals surface area contributed by atoms with E-state index in [1.807, 2.05) is 34.5 Å². The van der Waals surface area contributed by atoms with Gasteiger partial charge in [0.25, 0.3) is 5.91 Å². The van der Waals surface area contributed by atoms with E-state index in [2.05, 4.69) is 25.7 Å². The van der Waals surface area contributed by atoms with Crippen LogP contribution in [0.15, 0.2) is 29.6 Å². The quantitative estimate of drug-likeness (QED) is 0.549. The first-order valence-corrected chi connectivity index (χ1v) is 10.8. The highest BCUT2D eigenvalue weighted by atomic mass is 32.1. The Morgan fingerprint density at radius 3 is 2.59 bits per heavy atom. The molecule has 2 heterocycles. The number of aryl methyl sites for hydroxylation is 1. The lowest BCUT2D eigenvalue weighted by atomic mass is 10.2. The number of carbonyl (C=O) groups excluding carboxylic acids is 1. The van der Waals surface area contributed by atoms with Gasteiger partial charge in [-0.2, -0.15) is 0 Å². The average Bonchev–Trinajstić information content (AvgIpc) is 3.36. The van der Waals surface area contributed by atoms with Gasteiger partial charge in [-0.05, 0) is 43.1 Å². The van der Waals surface area contributed by atoms with Gasteiger partial charge in [0.05, 0.1) is 16.7 Å². The van der Waals surface area contributed by atoms with Crippen molar-refractivity contribution in [3.8, 4) is 5.75 Å². The van der Waals surface area contributed by atoms with Crippen molar-refractivity contribution in [2.24, 2.45) is 0 Å². The van der Waals surface area contributed by atoms with Crippen molar-refractivity contribution < 1.29 is 9.53 Å². The zero-order valence-electron chi connectivity index (χ0n) is 16.2. The molecule has 0 saturated heterocycles. The molecule has 1 amide bonds. The Hall–Kier alpha value is -1.96. The van der Waals surface area contributed by atoms with Crippen molar-refractivity contribution >= 4 is 43.9 Å². The van der Waals surface area contributed by atoms with E-state index in [9.17, 15) is 4.79 Å². The summed E-state index contributed by atoms with van der Waals surface area (Å²) < 4.78 is 6.54. The smallest absolute Gasteiger partial charge is 0.270 e. The van der Waals surface area contributed by atoms with Crippen molar-refractivity contribution in [3.63, 3.8) is 0 Å². The lowest BCUT2D eigenvalue weighted by Gasteiger charge is -2.24. The van der Waals surface area contributed by atoms with Crippen molar-refractivity contribution in [2.45, 2.75) is 20.8 Å². The Morgan fingerprint density at radius 2 is 1.96 bits per heavy atom. The molecule has 27 heavy (non-hydrogen) atoms. The highest BCUT2D eigenvalue weighted by Gasteiger charge is 2.23. The fraction of sp³-hybridized carbons (Fsp3) is 0.400. The molecule has 0 bridgehead atoms. The van der Waals surface area contributed by atoms with Crippen LogP contribution < -0.4 is 9.64 Å². The van der Waals surface area contributed by atoms with E-state index in [1.165, 1.54) is 11.3 Å². The van der Waals surface area contributed by atoms with Crippen LogP contribution in [0.1, 0.15) is 29.1 Å². The van der Waals surface area contributed by atoms with E-state index < -0.39 is 0 Å². The van der Waals surface area contributed by atoms with Gasteiger partial charge in [0.1, 0.15) is 11.3 Å². The Morgan fingerprint density at radius 1 is 1.19 bits per heavy atom. The molecule has 0 unspecified atom stereocenters. The number of hydrogen-bond acceptors (Lipinski definition) is 6. The van der Waals surface area contributed by atoms with E-state index in [0.29, 0.717) is 6.54 Å². The molecule has 1 aromatic carbocycles. The second kappa shape index (κ2) is 8.82. The summed E-state index contributed by atoms with van der Waals surface area (Å²) in [5, 5.41) is 2.66. The van der Waals surface area contributed by atoms with E-state index in [0.717, 1.165) is 51.2 Å². The van der Waals surface area contributed by atoms with Gasteiger partial charge in [-0.3, -0.25) is 9.69 Å². The maximum atomic E-state index is 13.2. The maximum Gasteiger partial charge on any atom is 0.270 e. The number of ether oxygens (including phenoxy) is 1. The lowest BCUT2D eigenvalue weighted by molar-refractivity contribution is 0.0987. The van der Waals surface area contributed by atoms with Gasteiger partial charge in [0.15, 0.2) is 5.13 Å². The summed E-state index contributed by atoms with van der Waals surface area (Å²) in [7, 11) is 1.65. The van der Waals surface area contributed by atoms with Crippen LogP contribution >= 0.6 is 22.7 Å². The number of carbonyl (C=O) groups is 1. The van der Waals surface area contributed by atoms with E-state index in [1.54, 1.807) is 18.4 Å². The molecule has 0 saturated carbocycles. The predicted octanol–water partition coefficient (Wildman–Crippen LogP) is 4.66. The summed E-state index contributed by atoms with van der Waals surface area (Å²) in [5.41, 5.74) is 1.96. The van der Waals surface area contributed by atoms with Crippen LogP contribution in [0.4, 0.5) is 5.13 Å². The summed E-state index contributed by atoms with van der Waals surface area (Å²) in [5.74, 6) is 0.748. The van der Waals surface area contributed by atoms with Gasteiger partial charge in [-0.25, -0.2) is 4.98 Å². The fourth-order valence-electron chi connectivity index (χ4n) is 2.98. The number of hydrogen-bond donors (Lipinski definition) is 0. The van der Waals surface area contributed by atoms with Gasteiger partial charge in [-0.15, -0.1) is 11.3 Å². The van der Waals surface area contributed by atoms with Crippen LogP contribution in [0, 0.1) is 6.92 Å². The maximum absolute atomic E-state index is 13.2. The van der Waals surface area contributed by atoms with Crippen molar-refractivity contribution in [1.82, 2.24) is 9.88 Å². The van der Waals surface area contributed by atoms with Crippen LogP contribution in [0.5, 0.6) is 5.75 Å². The normalized spacial score (nSPS) is 11.3. The summed E-state index contributed by atoms with van der Waals surface area (Å²) in [4.78, 5) is 22.8. The van der Waals surface area contributed by atoms with Crippen LogP contribution in [0.25, 0.3) is 10.2 Å². The van der Waals surface area contributed by atoms with E-state index in [-0.39, 0.29) is 5.91 Å². The third-order valence-electron chi connectivity index (χ3n) is 4.65. The predicted molar refractivity (Wildman–Crippen MR) is 115 cm³/mol. The first kappa shape index (κ1) is 19.8. The Labute approximate surface area is 168 Å². The van der Waals surface area contributed by atoms with Gasteiger partial charge < -0.3 is 9.64 Å². The van der Waals surface area contributed by atoms with Crippen molar-refractivity contribution in [3.05, 3.63) is 40.1 Å². The number of thiazole rings is 1. The third kappa shape index (κ3) is 4.15. The van der Waals surface area contributed by atoms with Gasteiger partial charge in [-0.1, -0.05) is 37.3 Å². The monoisotopic (exact) mass is 403 g/mol. The fourth-order valence-corrected chi connectivity index (χ4v) is 4.72. The summed E-state index contributed by atoms with van der Waals surface area (Å²) >= 11 is 3.02.